The van der Waals surface area contributed by atoms with Crippen LogP contribution >= 0.6 is 22.9 Å². The van der Waals surface area contributed by atoms with Gasteiger partial charge in [-0.15, -0.1) is 21.5 Å². The summed E-state index contributed by atoms with van der Waals surface area (Å²) in [6.45, 7) is 2.37. The zero-order chi connectivity index (χ0) is 20.8. The third kappa shape index (κ3) is 3.31. The molecular formula is C24H20ClN5S. The molecule has 1 N–H and O–H groups in total. The van der Waals surface area contributed by atoms with Gasteiger partial charge < -0.3 is 5.32 Å². The van der Waals surface area contributed by atoms with Gasteiger partial charge in [0, 0.05) is 34.0 Å². The molecule has 6 rings (SSSR count). The highest BCUT2D eigenvalue weighted by atomic mass is 35.5. The van der Waals surface area contributed by atoms with Crippen LogP contribution in [0.15, 0.2) is 59.6 Å². The van der Waals surface area contributed by atoms with Gasteiger partial charge in [-0.3, -0.25) is 9.56 Å². The van der Waals surface area contributed by atoms with E-state index in [2.05, 4.69) is 50.4 Å². The van der Waals surface area contributed by atoms with Gasteiger partial charge in [0.1, 0.15) is 17.4 Å². The molecule has 4 aromatic rings. The number of benzene rings is 2. The van der Waals surface area contributed by atoms with Gasteiger partial charge in [0.2, 0.25) is 0 Å². The van der Waals surface area contributed by atoms with E-state index in [4.69, 9.17) is 16.6 Å². The van der Waals surface area contributed by atoms with Gasteiger partial charge in [0.15, 0.2) is 5.82 Å². The van der Waals surface area contributed by atoms with E-state index in [0.29, 0.717) is 6.54 Å². The van der Waals surface area contributed by atoms with Gasteiger partial charge >= 0.3 is 0 Å². The third-order valence-electron chi connectivity index (χ3n) is 5.83. The molecule has 4 heterocycles. The molecule has 0 saturated heterocycles. The standard InChI is InChI=1S/C24H20ClN5S/c25-17-8-4-7-16(12-17)23-22-18-9-10-26-13-19(18)31-24(22)30-20(28-29-21(30)14-27-23)11-15-5-2-1-3-6-15/h1-8,12,26H,9-11,13-14H2. The number of rotatable bonds is 3. The molecule has 7 heteroatoms. The van der Waals surface area contributed by atoms with Gasteiger partial charge in [-0.1, -0.05) is 54.1 Å². The van der Waals surface area contributed by atoms with E-state index in [1.54, 1.807) is 0 Å². The molecule has 0 bridgehead atoms. The molecule has 2 aliphatic heterocycles. The second kappa shape index (κ2) is 7.71. The van der Waals surface area contributed by atoms with Gasteiger partial charge in [-0.05, 0) is 36.2 Å². The van der Waals surface area contributed by atoms with E-state index in [1.807, 2.05) is 35.6 Å². The highest BCUT2D eigenvalue weighted by molar-refractivity contribution is 7.15. The minimum Gasteiger partial charge on any atom is -0.312 e. The minimum atomic E-state index is 0.498. The zero-order valence-electron chi connectivity index (χ0n) is 16.8. The molecule has 31 heavy (non-hydrogen) atoms. The van der Waals surface area contributed by atoms with Crippen LogP contribution in [0.25, 0.3) is 5.00 Å². The van der Waals surface area contributed by atoms with Crippen molar-refractivity contribution in [3.63, 3.8) is 0 Å². The second-order valence-electron chi connectivity index (χ2n) is 7.82. The molecule has 0 amide bonds. The molecule has 0 aliphatic carbocycles. The second-order valence-corrected chi connectivity index (χ2v) is 9.34. The van der Waals surface area contributed by atoms with E-state index in [9.17, 15) is 0 Å². The summed E-state index contributed by atoms with van der Waals surface area (Å²) in [5.41, 5.74) is 5.90. The third-order valence-corrected chi connectivity index (χ3v) is 7.28. The number of hydrogen-bond acceptors (Lipinski definition) is 5. The Bertz CT molecular complexity index is 1310. The van der Waals surface area contributed by atoms with Crippen LogP contribution in [0.1, 0.15) is 38.8 Å². The first-order valence-corrected chi connectivity index (χ1v) is 11.6. The number of aliphatic imine (C=N–C) groups is 1. The molecule has 2 aromatic carbocycles. The Morgan fingerprint density at radius 3 is 2.84 bits per heavy atom. The monoisotopic (exact) mass is 445 g/mol. The maximum atomic E-state index is 6.34. The van der Waals surface area contributed by atoms with Crippen molar-refractivity contribution in [1.82, 2.24) is 20.1 Å². The lowest BCUT2D eigenvalue weighted by Gasteiger charge is -2.15. The Morgan fingerprint density at radius 1 is 1.06 bits per heavy atom. The molecule has 154 valence electrons. The molecule has 0 saturated carbocycles. The lowest BCUT2D eigenvalue weighted by molar-refractivity contribution is 0.654. The lowest BCUT2D eigenvalue weighted by Crippen LogP contribution is -2.23. The van der Waals surface area contributed by atoms with Gasteiger partial charge in [-0.2, -0.15) is 0 Å². The van der Waals surface area contributed by atoms with Crippen LogP contribution in [0.5, 0.6) is 0 Å². The Kier molecular flexibility index (Phi) is 4.71. The van der Waals surface area contributed by atoms with Crippen molar-refractivity contribution in [3.05, 3.63) is 98.4 Å². The number of fused-ring (bicyclic) bond motifs is 5. The van der Waals surface area contributed by atoms with Crippen LogP contribution in [0.4, 0.5) is 0 Å². The minimum absolute atomic E-state index is 0.498. The van der Waals surface area contributed by atoms with Gasteiger partial charge in [0.25, 0.3) is 0 Å². The lowest BCUT2D eigenvalue weighted by atomic mass is 9.96. The summed E-state index contributed by atoms with van der Waals surface area (Å²) < 4.78 is 2.24. The van der Waals surface area contributed by atoms with Crippen LogP contribution in [-0.2, 0) is 25.9 Å². The van der Waals surface area contributed by atoms with E-state index in [-0.39, 0.29) is 0 Å². The maximum Gasteiger partial charge on any atom is 0.160 e. The summed E-state index contributed by atoms with van der Waals surface area (Å²) in [5.74, 6) is 1.84. The summed E-state index contributed by atoms with van der Waals surface area (Å²) in [6, 6.07) is 18.4. The molecular weight excluding hydrogens is 426 g/mol. The fraction of sp³-hybridized carbons (Fsp3) is 0.208. The van der Waals surface area contributed by atoms with Crippen LogP contribution in [0, 0.1) is 0 Å². The number of nitrogens with zero attached hydrogens (tertiary/aromatic N) is 4. The number of thiophene rings is 1. The summed E-state index contributed by atoms with van der Waals surface area (Å²) in [4.78, 5) is 6.41. The van der Waals surface area contributed by atoms with Crippen LogP contribution in [0.2, 0.25) is 5.02 Å². The zero-order valence-corrected chi connectivity index (χ0v) is 18.4. The Morgan fingerprint density at radius 2 is 1.97 bits per heavy atom. The van der Waals surface area contributed by atoms with Crippen molar-refractivity contribution in [3.8, 4) is 5.00 Å². The largest absolute Gasteiger partial charge is 0.312 e. The molecule has 0 spiro atoms. The fourth-order valence-electron chi connectivity index (χ4n) is 4.41. The first kappa shape index (κ1) is 18.9. The molecule has 2 aromatic heterocycles. The number of halogens is 1. The molecule has 0 radical (unpaired) electrons. The quantitative estimate of drug-likeness (QED) is 0.502. The van der Waals surface area contributed by atoms with Crippen LogP contribution < -0.4 is 5.32 Å². The number of hydrogen-bond donors (Lipinski definition) is 1. The van der Waals surface area contributed by atoms with Crippen molar-refractivity contribution in [2.24, 2.45) is 4.99 Å². The highest BCUT2D eigenvalue weighted by Gasteiger charge is 2.30. The van der Waals surface area contributed by atoms with E-state index in [1.165, 1.54) is 26.6 Å². The Balaban J connectivity index is 1.55. The smallest absolute Gasteiger partial charge is 0.160 e. The fourth-order valence-corrected chi connectivity index (χ4v) is 5.95. The maximum absolute atomic E-state index is 6.34. The average molecular weight is 446 g/mol. The first-order chi connectivity index (χ1) is 15.3. The van der Waals surface area contributed by atoms with Crippen molar-refractivity contribution >= 4 is 28.6 Å². The van der Waals surface area contributed by atoms with Crippen molar-refractivity contribution in [2.45, 2.75) is 25.9 Å². The van der Waals surface area contributed by atoms with E-state index >= 15 is 0 Å². The first-order valence-electron chi connectivity index (χ1n) is 10.4. The van der Waals surface area contributed by atoms with Crippen molar-refractivity contribution in [2.75, 3.05) is 6.54 Å². The summed E-state index contributed by atoms with van der Waals surface area (Å²) >= 11 is 8.18. The number of aromatic nitrogens is 3. The normalized spacial score (nSPS) is 14.9. The highest BCUT2D eigenvalue weighted by Crippen LogP contribution is 2.39. The molecule has 2 aliphatic rings. The Hall–Kier alpha value is -2.80. The van der Waals surface area contributed by atoms with Gasteiger partial charge in [-0.25, -0.2) is 0 Å². The SMILES string of the molecule is Clc1cccc(C2=NCc3nnc(Cc4ccccc4)n3-c3sc4c(c32)CCNC4)c1. The predicted octanol–water partition coefficient (Wildman–Crippen LogP) is 4.57. The van der Waals surface area contributed by atoms with Crippen LogP contribution in [0.3, 0.4) is 0 Å². The van der Waals surface area contributed by atoms with E-state index in [0.717, 1.165) is 53.9 Å². The Labute approximate surface area is 189 Å². The number of nitrogens with one attached hydrogen (secondary N) is 1. The summed E-state index contributed by atoms with van der Waals surface area (Å²) in [6.07, 6.45) is 1.73. The summed E-state index contributed by atoms with van der Waals surface area (Å²) in [5, 5.41) is 14.5. The predicted molar refractivity (Wildman–Crippen MR) is 125 cm³/mol. The van der Waals surface area contributed by atoms with E-state index < -0.39 is 0 Å². The van der Waals surface area contributed by atoms with Crippen LogP contribution in [-0.4, -0.2) is 27.0 Å². The molecule has 0 atom stereocenters. The molecule has 5 nitrogen and oxygen atoms in total. The molecule has 0 fully saturated rings. The van der Waals surface area contributed by atoms with Gasteiger partial charge in [0.05, 0.1) is 5.71 Å². The topological polar surface area (TPSA) is 55.1 Å². The summed E-state index contributed by atoms with van der Waals surface area (Å²) in [7, 11) is 0. The molecule has 0 unspecified atom stereocenters. The average Bonchev–Trinajstić information content (AvgIpc) is 3.31. The van der Waals surface area contributed by atoms with Crippen molar-refractivity contribution in [1.29, 1.82) is 0 Å². The van der Waals surface area contributed by atoms with Crippen molar-refractivity contribution < 1.29 is 0 Å².